The van der Waals surface area contributed by atoms with Crippen LogP contribution in [0.15, 0.2) is 89.3 Å². The molecule has 0 fully saturated rings. The van der Waals surface area contributed by atoms with Crippen LogP contribution in [0.25, 0.3) is 22.8 Å². The average molecular weight is 400 g/mol. The van der Waals surface area contributed by atoms with Crippen LogP contribution >= 0.6 is 0 Å². The first-order chi connectivity index (χ1) is 14.6. The molecule has 30 heavy (non-hydrogen) atoms. The molecule has 0 aliphatic rings. The van der Waals surface area contributed by atoms with Gasteiger partial charge in [0.25, 0.3) is 5.69 Å². The van der Waals surface area contributed by atoms with E-state index in [1.165, 1.54) is 24.3 Å². The van der Waals surface area contributed by atoms with Gasteiger partial charge in [-0.05, 0) is 29.8 Å². The lowest BCUT2D eigenvalue weighted by atomic mass is 10.1. The number of non-ortho nitro benzene ring substituents is 1. The summed E-state index contributed by atoms with van der Waals surface area (Å²) >= 11 is 0. The van der Waals surface area contributed by atoms with Crippen molar-refractivity contribution in [3.8, 4) is 22.8 Å². The molecule has 0 radical (unpaired) electrons. The monoisotopic (exact) mass is 400 g/mol. The van der Waals surface area contributed by atoms with Crippen molar-refractivity contribution < 1.29 is 18.9 Å². The summed E-state index contributed by atoms with van der Waals surface area (Å²) < 4.78 is 11.3. The molecular weight excluding hydrogens is 384 g/mol. The van der Waals surface area contributed by atoms with E-state index in [9.17, 15) is 14.9 Å². The van der Waals surface area contributed by atoms with E-state index < -0.39 is 10.9 Å². The van der Waals surface area contributed by atoms with E-state index >= 15 is 0 Å². The lowest BCUT2D eigenvalue weighted by molar-refractivity contribution is -0.384. The van der Waals surface area contributed by atoms with Crippen molar-refractivity contribution in [2.24, 2.45) is 0 Å². The molecule has 0 saturated carbocycles. The molecule has 4 aromatic rings. The molecule has 1 heterocycles. The van der Waals surface area contributed by atoms with Gasteiger partial charge in [0.1, 0.15) is 6.61 Å². The highest BCUT2D eigenvalue weighted by atomic mass is 16.6. The molecular formula is C23H16N2O5. The van der Waals surface area contributed by atoms with Crippen LogP contribution in [-0.2, 0) is 11.3 Å². The molecule has 0 N–H and O–H groups in total. The zero-order valence-corrected chi connectivity index (χ0v) is 15.7. The summed E-state index contributed by atoms with van der Waals surface area (Å²) in [6, 6.07) is 24.2. The summed E-state index contributed by atoms with van der Waals surface area (Å²) in [5, 5.41) is 10.9. The summed E-state index contributed by atoms with van der Waals surface area (Å²) in [5.41, 5.74) is 1.98. The lowest BCUT2D eigenvalue weighted by Crippen LogP contribution is -2.07. The maximum Gasteiger partial charge on any atom is 0.361 e. The van der Waals surface area contributed by atoms with Crippen molar-refractivity contribution >= 4 is 11.7 Å². The maximum absolute atomic E-state index is 12.8. The third-order valence-electron chi connectivity index (χ3n) is 4.39. The first-order valence-electron chi connectivity index (χ1n) is 9.14. The van der Waals surface area contributed by atoms with E-state index in [1.54, 1.807) is 0 Å². The largest absolute Gasteiger partial charge is 0.456 e. The summed E-state index contributed by atoms with van der Waals surface area (Å²) in [4.78, 5) is 27.6. The molecule has 0 atom stereocenters. The van der Waals surface area contributed by atoms with Gasteiger partial charge in [-0.2, -0.15) is 0 Å². The van der Waals surface area contributed by atoms with Gasteiger partial charge in [-0.1, -0.05) is 48.5 Å². The summed E-state index contributed by atoms with van der Waals surface area (Å²) in [7, 11) is 0. The fourth-order valence-electron chi connectivity index (χ4n) is 2.88. The van der Waals surface area contributed by atoms with Crippen molar-refractivity contribution in [3.63, 3.8) is 0 Å². The summed E-state index contributed by atoms with van der Waals surface area (Å²) in [6.45, 7) is 0.0902. The number of carbonyl (C=O) groups excluding carboxylic acids is 1. The highest BCUT2D eigenvalue weighted by Crippen LogP contribution is 2.31. The lowest BCUT2D eigenvalue weighted by Gasteiger charge is -2.04. The third kappa shape index (κ3) is 4.10. The molecule has 0 unspecified atom stereocenters. The SMILES string of the molecule is O=C(OCc1ccccc1)c1nc(-c2ccccc2)oc1-c1ccc([N+](=O)[O-])cc1. The normalized spacial score (nSPS) is 10.5. The second kappa shape index (κ2) is 8.40. The number of oxazole rings is 1. The Kier molecular flexibility index (Phi) is 5.34. The maximum atomic E-state index is 12.8. The fourth-order valence-corrected chi connectivity index (χ4v) is 2.88. The quantitative estimate of drug-likeness (QED) is 0.248. The van der Waals surface area contributed by atoms with Crippen LogP contribution in [0.2, 0.25) is 0 Å². The van der Waals surface area contributed by atoms with Gasteiger partial charge >= 0.3 is 5.97 Å². The van der Waals surface area contributed by atoms with Gasteiger partial charge < -0.3 is 9.15 Å². The van der Waals surface area contributed by atoms with E-state index in [4.69, 9.17) is 9.15 Å². The van der Waals surface area contributed by atoms with Crippen LogP contribution in [-0.4, -0.2) is 15.9 Å². The molecule has 0 aliphatic carbocycles. The Bertz CT molecular complexity index is 1170. The zero-order chi connectivity index (χ0) is 20.9. The van der Waals surface area contributed by atoms with Gasteiger partial charge in [-0.25, -0.2) is 9.78 Å². The van der Waals surface area contributed by atoms with Crippen LogP contribution in [0.5, 0.6) is 0 Å². The number of esters is 1. The molecule has 0 saturated heterocycles. The smallest absolute Gasteiger partial charge is 0.361 e. The minimum atomic E-state index is -0.641. The van der Waals surface area contributed by atoms with Gasteiger partial charge in [0.2, 0.25) is 5.89 Å². The van der Waals surface area contributed by atoms with Gasteiger partial charge in [0.15, 0.2) is 11.5 Å². The average Bonchev–Trinajstić information content (AvgIpc) is 3.24. The number of nitrogens with zero attached hydrogens (tertiary/aromatic N) is 2. The highest BCUT2D eigenvalue weighted by Gasteiger charge is 2.24. The second-order valence-electron chi connectivity index (χ2n) is 6.43. The zero-order valence-electron chi connectivity index (χ0n) is 15.7. The first kappa shape index (κ1) is 19.1. The van der Waals surface area contributed by atoms with Crippen molar-refractivity contribution in [2.75, 3.05) is 0 Å². The number of benzene rings is 3. The first-order valence-corrected chi connectivity index (χ1v) is 9.14. The summed E-state index contributed by atoms with van der Waals surface area (Å²) in [6.07, 6.45) is 0. The Labute approximate surface area is 171 Å². The highest BCUT2D eigenvalue weighted by molar-refractivity contribution is 5.94. The van der Waals surface area contributed by atoms with E-state index in [0.717, 1.165) is 5.56 Å². The molecule has 0 amide bonds. The van der Waals surface area contributed by atoms with Gasteiger partial charge in [-0.15, -0.1) is 0 Å². The number of hydrogen-bond donors (Lipinski definition) is 0. The predicted octanol–water partition coefficient (Wildman–Crippen LogP) is 5.27. The number of nitro groups is 1. The van der Waals surface area contributed by atoms with Crippen LogP contribution in [0.3, 0.4) is 0 Å². The third-order valence-corrected chi connectivity index (χ3v) is 4.39. The molecule has 0 spiro atoms. The molecule has 4 rings (SSSR count). The molecule has 7 heteroatoms. The molecule has 7 nitrogen and oxygen atoms in total. The van der Waals surface area contributed by atoms with Crippen LogP contribution in [0, 0.1) is 10.1 Å². The molecule has 0 aliphatic heterocycles. The Morgan fingerprint density at radius 1 is 0.900 bits per heavy atom. The van der Waals surface area contributed by atoms with E-state index in [0.29, 0.717) is 11.1 Å². The van der Waals surface area contributed by atoms with Crippen LogP contribution in [0.1, 0.15) is 16.1 Å². The molecule has 0 bridgehead atoms. The van der Waals surface area contributed by atoms with Gasteiger partial charge in [0, 0.05) is 23.3 Å². The molecule has 148 valence electrons. The van der Waals surface area contributed by atoms with Crippen molar-refractivity contribution in [1.29, 1.82) is 0 Å². The van der Waals surface area contributed by atoms with E-state index in [1.807, 2.05) is 60.7 Å². The Hall–Kier alpha value is -4.26. The number of rotatable bonds is 6. The number of ether oxygens (including phenoxy) is 1. The van der Waals surface area contributed by atoms with E-state index in [-0.39, 0.29) is 29.6 Å². The van der Waals surface area contributed by atoms with Gasteiger partial charge in [-0.3, -0.25) is 10.1 Å². The van der Waals surface area contributed by atoms with Crippen molar-refractivity contribution in [2.45, 2.75) is 6.61 Å². The summed E-state index contributed by atoms with van der Waals surface area (Å²) in [5.74, 6) is -0.185. The number of hydrogen-bond acceptors (Lipinski definition) is 6. The van der Waals surface area contributed by atoms with E-state index in [2.05, 4.69) is 4.98 Å². The number of aromatic nitrogens is 1. The topological polar surface area (TPSA) is 95.5 Å². The standard InChI is InChI=1S/C23H16N2O5/c26-23(29-15-16-7-3-1-4-8-16)20-21(17-11-13-19(14-12-17)25(27)28)30-22(24-20)18-9-5-2-6-10-18/h1-14H,15H2. The number of carbonyl (C=O) groups is 1. The van der Waals surface area contributed by atoms with Crippen LogP contribution in [0.4, 0.5) is 5.69 Å². The molecule has 1 aromatic heterocycles. The number of nitro benzene ring substituents is 1. The van der Waals surface area contributed by atoms with Crippen molar-refractivity contribution in [3.05, 3.63) is 106 Å². The Morgan fingerprint density at radius 3 is 2.17 bits per heavy atom. The Morgan fingerprint density at radius 2 is 1.53 bits per heavy atom. The van der Waals surface area contributed by atoms with Crippen LogP contribution < -0.4 is 0 Å². The minimum absolute atomic E-state index is 0.0126. The predicted molar refractivity (Wildman–Crippen MR) is 110 cm³/mol. The minimum Gasteiger partial charge on any atom is -0.456 e. The second-order valence-corrected chi connectivity index (χ2v) is 6.43. The Balaban J connectivity index is 1.69. The van der Waals surface area contributed by atoms with Crippen molar-refractivity contribution in [1.82, 2.24) is 4.98 Å². The molecule has 3 aromatic carbocycles. The fraction of sp³-hybridized carbons (Fsp3) is 0.0435. The van der Waals surface area contributed by atoms with Gasteiger partial charge in [0.05, 0.1) is 4.92 Å².